The van der Waals surface area contributed by atoms with E-state index in [-0.39, 0.29) is 11.4 Å². The Morgan fingerprint density at radius 3 is 2.80 bits per heavy atom. The smallest absolute Gasteiger partial charge is 0.294 e. The van der Waals surface area contributed by atoms with Crippen molar-refractivity contribution in [2.45, 2.75) is 13.3 Å². The number of nitrogen functional groups attached to an aromatic ring is 1. The summed E-state index contributed by atoms with van der Waals surface area (Å²) in [5, 5.41) is 14.0. The van der Waals surface area contributed by atoms with E-state index in [9.17, 15) is 10.1 Å². The van der Waals surface area contributed by atoms with E-state index in [2.05, 4.69) is 5.32 Å². The fraction of sp³-hybridized carbons (Fsp3) is 0.333. The number of rotatable bonds is 4. The van der Waals surface area contributed by atoms with E-state index in [0.29, 0.717) is 17.3 Å². The van der Waals surface area contributed by atoms with Crippen LogP contribution in [0.3, 0.4) is 0 Å². The molecule has 0 aromatic heterocycles. The average Bonchev–Trinajstić information content (AvgIpc) is 2.16. The minimum Gasteiger partial charge on any atom is -0.393 e. The normalized spacial score (nSPS) is 10.0. The predicted molar refractivity (Wildman–Crippen MR) is 61.3 cm³/mol. The molecule has 0 bridgehead atoms. The van der Waals surface area contributed by atoms with Crippen LogP contribution in [-0.2, 0) is 0 Å². The standard InChI is InChI=1S/C9H12ClN3O2/c1-2-3-12-8-5-9(13(14)15)7(11)4-6(8)10/h4-5,12H,2-3,11H2,1H3. The van der Waals surface area contributed by atoms with Gasteiger partial charge in [0.2, 0.25) is 0 Å². The van der Waals surface area contributed by atoms with Crippen molar-refractivity contribution in [3.63, 3.8) is 0 Å². The van der Waals surface area contributed by atoms with E-state index in [1.165, 1.54) is 12.1 Å². The van der Waals surface area contributed by atoms with Crippen LogP contribution in [0.4, 0.5) is 17.1 Å². The largest absolute Gasteiger partial charge is 0.393 e. The molecule has 0 radical (unpaired) electrons. The first-order chi connectivity index (χ1) is 7.06. The molecule has 0 saturated carbocycles. The van der Waals surface area contributed by atoms with Crippen LogP contribution in [0, 0.1) is 10.1 Å². The maximum Gasteiger partial charge on any atom is 0.294 e. The van der Waals surface area contributed by atoms with Crippen molar-refractivity contribution >= 4 is 28.7 Å². The van der Waals surface area contributed by atoms with Crippen molar-refractivity contribution in [1.29, 1.82) is 0 Å². The molecule has 0 heterocycles. The zero-order chi connectivity index (χ0) is 11.4. The van der Waals surface area contributed by atoms with Crippen LogP contribution in [0.2, 0.25) is 5.02 Å². The highest BCUT2D eigenvalue weighted by molar-refractivity contribution is 6.33. The summed E-state index contributed by atoms with van der Waals surface area (Å²) in [5.41, 5.74) is 5.96. The van der Waals surface area contributed by atoms with Gasteiger partial charge in [0.15, 0.2) is 0 Å². The Balaban J connectivity index is 3.06. The quantitative estimate of drug-likeness (QED) is 0.473. The number of nitro groups is 1. The van der Waals surface area contributed by atoms with Crippen LogP contribution >= 0.6 is 11.6 Å². The van der Waals surface area contributed by atoms with Crippen molar-refractivity contribution in [1.82, 2.24) is 0 Å². The summed E-state index contributed by atoms with van der Waals surface area (Å²) >= 11 is 5.88. The van der Waals surface area contributed by atoms with E-state index >= 15 is 0 Å². The number of anilines is 2. The highest BCUT2D eigenvalue weighted by Gasteiger charge is 2.14. The van der Waals surface area contributed by atoms with Crippen LogP contribution < -0.4 is 11.1 Å². The Kier molecular flexibility index (Phi) is 3.74. The number of benzene rings is 1. The van der Waals surface area contributed by atoms with Gasteiger partial charge in [-0.1, -0.05) is 18.5 Å². The van der Waals surface area contributed by atoms with Gasteiger partial charge in [0.05, 0.1) is 15.6 Å². The molecule has 0 atom stereocenters. The molecule has 0 aliphatic carbocycles. The molecule has 3 N–H and O–H groups in total. The fourth-order valence-electron chi connectivity index (χ4n) is 1.13. The van der Waals surface area contributed by atoms with Gasteiger partial charge >= 0.3 is 0 Å². The molecule has 5 nitrogen and oxygen atoms in total. The van der Waals surface area contributed by atoms with Crippen LogP contribution in [0.1, 0.15) is 13.3 Å². The van der Waals surface area contributed by atoms with E-state index in [0.717, 1.165) is 6.42 Å². The van der Waals surface area contributed by atoms with Gasteiger partial charge in [-0.2, -0.15) is 0 Å². The number of halogens is 1. The summed E-state index contributed by atoms with van der Waals surface area (Å²) in [4.78, 5) is 10.1. The van der Waals surface area contributed by atoms with E-state index < -0.39 is 4.92 Å². The fourth-order valence-corrected chi connectivity index (χ4v) is 1.37. The Bertz CT molecular complexity index is 382. The molecular formula is C9H12ClN3O2. The second-order valence-electron chi connectivity index (χ2n) is 3.07. The molecule has 6 heteroatoms. The molecule has 0 spiro atoms. The minimum absolute atomic E-state index is 0.0760. The molecule has 1 rings (SSSR count). The maximum absolute atomic E-state index is 10.6. The number of nitrogens with zero attached hydrogens (tertiary/aromatic N) is 1. The number of nitrogens with two attached hydrogens (primary N) is 1. The average molecular weight is 230 g/mol. The van der Waals surface area contributed by atoms with Crippen LogP contribution in [0.5, 0.6) is 0 Å². The summed E-state index contributed by atoms with van der Waals surface area (Å²) < 4.78 is 0. The molecule has 0 aliphatic heterocycles. The summed E-state index contributed by atoms with van der Waals surface area (Å²) in [5.74, 6) is 0. The highest BCUT2D eigenvalue weighted by Crippen LogP contribution is 2.32. The lowest BCUT2D eigenvalue weighted by atomic mass is 10.2. The third-order valence-electron chi connectivity index (χ3n) is 1.88. The first-order valence-electron chi connectivity index (χ1n) is 4.53. The van der Waals surface area contributed by atoms with Crippen molar-refractivity contribution < 1.29 is 4.92 Å². The monoisotopic (exact) mass is 229 g/mol. The lowest BCUT2D eigenvalue weighted by molar-refractivity contribution is -0.383. The summed E-state index contributed by atoms with van der Waals surface area (Å²) in [6.45, 7) is 2.70. The summed E-state index contributed by atoms with van der Waals surface area (Å²) in [6, 6.07) is 2.74. The van der Waals surface area contributed by atoms with Crippen LogP contribution in [-0.4, -0.2) is 11.5 Å². The second-order valence-corrected chi connectivity index (χ2v) is 3.48. The molecule has 0 fully saturated rings. The number of hydrogen-bond acceptors (Lipinski definition) is 4. The van der Waals surface area contributed by atoms with Crippen molar-refractivity contribution in [3.05, 3.63) is 27.3 Å². The van der Waals surface area contributed by atoms with Gasteiger partial charge in [0.25, 0.3) is 5.69 Å². The maximum atomic E-state index is 10.6. The van der Waals surface area contributed by atoms with Crippen LogP contribution in [0.15, 0.2) is 12.1 Å². The Morgan fingerprint density at radius 2 is 2.27 bits per heavy atom. The Labute approximate surface area is 92.4 Å². The minimum atomic E-state index is -0.525. The van der Waals surface area contributed by atoms with Crippen molar-refractivity contribution in [2.24, 2.45) is 0 Å². The lowest BCUT2D eigenvalue weighted by Gasteiger charge is -2.07. The molecule has 0 aliphatic rings. The van der Waals surface area contributed by atoms with Crippen molar-refractivity contribution in [3.8, 4) is 0 Å². The molecule has 0 saturated heterocycles. The highest BCUT2D eigenvalue weighted by atomic mass is 35.5. The van der Waals surface area contributed by atoms with Gasteiger partial charge in [0.1, 0.15) is 5.69 Å². The molecule has 82 valence electrons. The predicted octanol–water partition coefficient (Wildman–Crippen LogP) is 2.65. The topological polar surface area (TPSA) is 81.2 Å². The number of hydrogen-bond donors (Lipinski definition) is 2. The third-order valence-corrected chi connectivity index (χ3v) is 2.19. The van der Waals surface area contributed by atoms with Gasteiger partial charge in [-0.05, 0) is 12.5 Å². The van der Waals surface area contributed by atoms with Gasteiger partial charge in [-0.25, -0.2) is 0 Å². The number of nitro benzene ring substituents is 1. The second kappa shape index (κ2) is 4.84. The molecule has 15 heavy (non-hydrogen) atoms. The zero-order valence-corrected chi connectivity index (χ0v) is 9.04. The van der Waals surface area contributed by atoms with Gasteiger partial charge < -0.3 is 11.1 Å². The van der Waals surface area contributed by atoms with Gasteiger partial charge in [-0.3, -0.25) is 10.1 Å². The number of nitrogens with one attached hydrogen (secondary N) is 1. The van der Waals surface area contributed by atoms with Crippen LogP contribution in [0.25, 0.3) is 0 Å². The Morgan fingerprint density at radius 1 is 1.60 bits per heavy atom. The first kappa shape index (κ1) is 11.6. The van der Waals surface area contributed by atoms with E-state index in [4.69, 9.17) is 17.3 Å². The van der Waals surface area contributed by atoms with Crippen molar-refractivity contribution in [2.75, 3.05) is 17.6 Å². The molecule has 0 unspecified atom stereocenters. The zero-order valence-electron chi connectivity index (χ0n) is 8.29. The summed E-state index contributed by atoms with van der Waals surface area (Å²) in [6.07, 6.45) is 0.911. The lowest BCUT2D eigenvalue weighted by Crippen LogP contribution is -2.03. The third kappa shape index (κ3) is 2.73. The SMILES string of the molecule is CCCNc1cc([N+](=O)[O-])c(N)cc1Cl. The first-order valence-corrected chi connectivity index (χ1v) is 4.91. The van der Waals surface area contributed by atoms with E-state index in [1.807, 2.05) is 6.92 Å². The molecular weight excluding hydrogens is 218 g/mol. The molecule has 1 aromatic carbocycles. The molecule has 1 aromatic rings. The Hall–Kier alpha value is -1.49. The van der Waals surface area contributed by atoms with Gasteiger partial charge in [-0.15, -0.1) is 0 Å². The van der Waals surface area contributed by atoms with Gasteiger partial charge in [0, 0.05) is 12.6 Å². The van der Waals surface area contributed by atoms with E-state index in [1.54, 1.807) is 0 Å². The molecule has 0 amide bonds. The summed E-state index contributed by atoms with van der Waals surface area (Å²) in [7, 11) is 0.